The van der Waals surface area contributed by atoms with E-state index in [2.05, 4.69) is 66.5 Å². The normalized spacial score (nSPS) is 13.5. The number of aryl methyl sites for hydroxylation is 2. The number of hydrogen-bond donors (Lipinski definition) is 1. The van der Waals surface area contributed by atoms with E-state index < -0.39 is 0 Å². The topological polar surface area (TPSA) is 41.6 Å². The third-order valence-corrected chi connectivity index (χ3v) is 5.68. The number of fused-ring (bicyclic) bond motifs is 1. The van der Waals surface area contributed by atoms with E-state index in [0.29, 0.717) is 18.7 Å². The van der Waals surface area contributed by atoms with E-state index in [1.54, 1.807) is 0 Å². The van der Waals surface area contributed by atoms with Crippen molar-refractivity contribution in [2.75, 3.05) is 19.7 Å². The number of benzene rings is 3. The average Bonchev–Trinajstić information content (AvgIpc) is 2.76. The molecule has 0 radical (unpaired) electrons. The average molecular weight is 415 g/mol. The molecule has 1 heterocycles. The second-order valence-corrected chi connectivity index (χ2v) is 8.35. The lowest BCUT2D eigenvalue weighted by Gasteiger charge is -2.28. The van der Waals surface area contributed by atoms with Crippen molar-refractivity contribution >= 4 is 5.91 Å². The van der Waals surface area contributed by atoms with Gasteiger partial charge in [-0.25, -0.2) is 0 Å². The number of nitrogens with one attached hydrogen (secondary N) is 1. The summed E-state index contributed by atoms with van der Waals surface area (Å²) in [6.45, 7) is 7.98. The van der Waals surface area contributed by atoms with E-state index in [1.165, 1.54) is 27.8 Å². The minimum Gasteiger partial charge on any atom is -0.492 e. The summed E-state index contributed by atoms with van der Waals surface area (Å²) in [6, 6.07) is 22.7. The summed E-state index contributed by atoms with van der Waals surface area (Å²) >= 11 is 0. The van der Waals surface area contributed by atoms with Crippen LogP contribution in [0, 0.1) is 13.8 Å². The zero-order valence-electron chi connectivity index (χ0n) is 18.4. The van der Waals surface area contributed by atoms with Crippen molar-refractivity contribution in [1.29, 1.82) is 0 Å². The first-order valence-corrected chi connectivity index (χ1v) is 10.9. The van der Waals surface area contributed by atoms with E-state index >= 15 is 0 Å². The standard InChI is InChI=1S/C27H30N2O2/c1-20-15-21(2)17-26(16-20)31-14-12-28-27(30)24-9-7-22(8-10-24)18-29-13-11-23-5-3-4-6-25(23)19-29/h3-10,15-17H,11-14,18-19H2,1-2H3,(H,28,30). The monoisotopic (exact) mass is 414 g/mol. The van der Waals surface area contributed by atoms with Gasteiger partial charge in [0, 0.05) is 25.2 Å². The molecule has 0 aliphatic carbocycles. The fraction of sp³-hybridized carbons (Fsp3) is 0.296. The third kappa shape index (κ3) is 5.74. The van der Waals surface area contributed by atoms with E-state index in [4.69, 9.17) is 4.74 Å². The highest BCUT2D eigenvalue weighted by Crippen LogP contribution is 2.20. The van der Waals surface area contributed by atoms with Gasteiger partial charge in [-0.05, 0) is 72.4 Å². The number of amides is 1. The molecule has 0 spiro atoms. The Bertz CT molecular complexity index is 1020. The third-order valence-electron chi connectivity index (χ3n) is 5.68. The van der Waals surface area contributed by atoms with Crippen LogP contribution < -0.4 is 10.1 Å². The fourth-order valence-corrected chi connectivity index (χ4v) is 4.16. The van der Waals surface area contributed by atoms with Gasteiger partial charge in [0.25, 0.3) is 5.91 Å². The maximum absolute atomic E-state index is 12.4. The summed E-state index contributed by atoms with van der Waals surface area (Å²) in [5.41, 5.74) is 7.15. The molecular formula is C27H30N2O2. The second-order valence-electron chi connectivity index (χ2n) is 8.35. The van der Waals surface area contributed by atoms with E-state index in [9.17, 15) is 4.79 Å². The lowest BCUT2D eigenvalue weighted by molar-refractivity contribution is 0.0947. The Labute approximate surface area is 184 Å². The van der Waals surface area contributed by atoms with Crippen molar-refractivity contribution in [1.82, 2.24) is 10.2 Å². The van der Waals surface area contributed by atoms with Crippen LogP contribution in [0.15, 0.2) is 66.7 Å². The highest BCUT2D eigenvalue weighted by molar-refractivity contribution is 5.94. The van der Waals surface area contributed by atoms with Crippen LogP contribution in [0.3, 0.4) is 0 Å². The highest BCUT2D eigenvalue weighted by atomic mass is 16.5. The first-order chi connectivity index (χ1) is 15.1. The zero-order valence-corrected chi connectivity index (χ0v) is 18.4. The first kappa shape index (κ1) is 21.1. The molecule has 0 bridgehead atoms. The van der Waals surface area contributed by atoms with Crippen molar-refractivity contribution < 1.29 is 9.53 Å². The molecule has 0 unspecified atom stereocenters. The number of carbonyl (C=O) groups excluding carboxylic acids is 1. The molecule has 0 saturated heterocycles. The van der Waals surface area contributed by atoms with Crippen molar-refractivity contribution in [3.05, 3.63) is 100 Å². The van der Waals surface area contributed by atoms with Gasteiger partial charge in [0.2, 0.25) is 0 Å². The Morgan fingerprint density at radius 3 is 2.42 bits per heavy atom. The van der Waals surface area contributed by atoms with E-state index in [-0.39, 0.29) is 5.91 Å². The Kier molecular flexibility index (Phi) is 6.68. The van der Waals surface area contributed by atoms with Gasteiger partial charge in [-0.1, -0.05) is 42.5 Å². The molecule has 3 aromatic rings. The Morgan fingerprint density at radius 1 is 0.968 bits per heavy atom. The molecule has 31 heavy (non-hydrogen) atoms. The van der Waals surface area contributed by atoms with Crippen LogP contribution in [0.1, 0.15) is 38.2 Å². The van der Waals surface area contributed by atoms with Crippen molar-refractivity contribution in [2.45, 2.75) is 33.4 Å². The Hall–Kier alpha value is -3.11. The van der Waals surface area contributed by atoms with Crippen LogP contribution in [0.25, 0.3) is 0 Å². The fourth-order valence-electron chi connectivity index (χ4n) is 4.16. The van der Waals surface area contributed by atoms with Gasteiger partial charge < -0.3 is 10.1 Å². The maximum Gasteiger partial charge on any atom is 0.251 e. The van der Waals surface area contributed by atoms with Crippen LogP contribution in [0.5, 0.6) is 5.75 Å². The minimum atomic E-state index is -0.0672. The van der Waals surface area contributed by atoms with Crippen LogP contribution in [0.2, 0.25) is 0 Å². The first-order valence-electron chi connectivity index (χ1n) is 10.9. The molecule has 0 atom stereocenters. The Morgan fingerprint density at radius 2 is 1.68 bits per heavy atom. The number of ether oxygens (including phenoxy) is 1. The summed E-state index contributed by atoms with van der Waals surface area (Å²) in [5.74, 6) is 0.777. The maximum atomic E-state index is 12.4. The molecule has 1 aliphatic rings. The zero-order chi connectivity index (χ0) is 21.6. The van der Waals surface area contributed by atoms with Gasteiger partial charge in [-0.15, -0.1) is 0 Å². The predicted molar refractivity (Wildman–Crippen MR) is 124 cm³/mol. The molecule has 1 amide bonds. The molecule has 4 rings (SSSR count). The van der Waals surface area contributed by atoms with Crippen LogP contribution in [-0.4, -0.2) is 30.5 Å². The number of hydrogen-bond acceptors (Lipinski definition) is 3. The van der Waals surface area contributed by atoms with Crippen LogP contribution in [0.4, 0.5) is 0 Å². The van der Waals surface area contributed by atoms with Gasteiger partial charge in [-0.3, -0.25) is 9.69 Å². The SMILES string of the molecule is Cc1cc(C)cc(OCCNC(=O)c2ccc(CN3CCc4ccccc4C3)cc2)c1. The van der Waals surface area contributed by atoms with Gasteiger partial charge in [0.15, 0.2) is 0 Å². The minimum absolute atomic E-state index is 0.0672. The number of rotatable bonds is 7. The van der Waals surface area contributed by atoms with Gasteiger partial charge >= 0.3 is 0 Å². The molecule has 160 valence electrons. The lowest BCUT2D eigenvalue weighted by atomic mass is 9.99. The van der Waals surface area contributed by atoms with Crippen molar-refractivity contribution in [2.24, 2.45) is 0 Å². The Balaban J connectivity index is 1.24. The summed E-state index contributed by atoms with van der Waals surface area (Å²) in [5, 5.41) is 2.94. The molecule has 3 aromatic carbocycles. The number of nitrogens with zero attached hydrogens (tertiary/aromatic N) is 1. The summed E-state index contributed by atoms with van der Waals surface area (Å²) < 4.78 is 5.76. The van der Waals surface area contributed by atoms with Gasteiger partial charge in [-0.2, -0.15) is 0 Å². The molecule has 1 aliphatic heterocycles. The molecular weight excluding hydrogens is 384 g/mol. The van der Waals surface area contributed by atoms with E-state index in [1.807, 2.05) is 24.3 Å². The largest absolute Gasteiger partial charge is 0.492 e. The van der Waals surface area contributed by atoms with Gasteiger partial charge in [0.1, 0.15) is 12.4 Å². The molecule has 4 nitrogen and oxygen atoms in total. The van der Waals surface area contributed by atoms with E-state index in [0.717, 1.165) is 31.8 Å². The van der Waals surface area contributed by atoms with Crippen LogP contribution in [-0.2, 0) is 19.5 Å². The molecule has 0 aromatic heterocycles. The predicted octanol–water partition coefficient (Wildman–Crippen LogP) is 4.67. The summed E-state index contributed by atoms with van der Waals surface area (Å²) in [7, 11) is 0. The smallest absolute Gasteiger partial charge is 0.251 e. The lowest BCUT2D eigenvalue weighted by Crippen LogP contribution is -2.30. The quantitative estimate of drug-likeness (QED) is 0.571. The van der Waals surface area contributed by atoms with Crippen molar-refractivity contribution in [3.63, 3.8) is 0 Å². The van der Waals surface area contributed by atoms with Crippen molar-refractivity contribution in [3.8, 4) is 5.75 Å². The molecule has 4 heteroatoms. The molecule has 1 N–H and O–H groups in total. The van der Waals surface area contributed by atoms with Crippen LogP contribution >= 0.6 is 0 Å². The molecule has 0 saturated carbocycles. The highest BCUT2D eigenvalue weighted by Gasteiger charge is 2.16. The molecule has 0 fully saturated rings. The van der Waals surface area contributed by atoms with Gasteiger partial charge in [0.05, 0.1) is 6.54 Å². The summed E-state index contributed by atoms with van der Waals surface area (Å²) in [6.07, 6.45) is 1.10. The second kappa shape index (κ2) is 9.80. The number of carbonyl (C=O) groups is 1. The summed E-state index contributed by atoms with van der Waals surface area (Å²) in [4.78, 5) is 14.9.